The van der Waals surface area contributed by atoms with E-state index in [0.717, 1.165) is 7.25 Å². The van der Waals surface area contributed by atoms with E-state index in [9.17, 15) is 0 Å². The second-order valence-electron chi connectivity index (χ2n) is 9.11. The van der Waals surface area contributed by atoms with E-state index in [4.69, 9.17) is 0 Å². The molecule has 1 aromatic carbocycles. The molecule has 4 aliphatic rings. The number of hydrogen-bond acceptors (Lipinski definition) is 0. The van der Waals surface area contributed by atoms with Gasteiger partial charge in [0.2, 0.25) is 0 Å². The van der Waals surface area contributed by atoms with Gasteiger partial charge in [0.1, 0.15) is 0 Å². The summed E-state index contributed by atoms with van der Waals surface area (Å²) in [4.78, 5) is 0. The van der Waals surface area contributed by atoms with Gasteiger partial charge in [-0.05, 0) is 0 Å². The molecule has 0 aromatic heterocycles. The van der Waals surface area contributed by atoms with Gasteiger partial charge in [-0.2, -0.15) is 0 Å². The first-order chi connectivity index (χ1) is 13.3. The molecular weight excluding hydrogens is 404 g/mol. The standard InChI is InChI=1S/2C9H11.C7H6.CH3.Zr/c2*1-2-5-9-7-3-6-8(9)4-1;1-7-5-3-2-4-6-7;;/h2*3,6-7H,1-2,4-5H2;1-6H;1H3;. The van der Waals surface area contributed by atoms with Gasteiger partial charge < -0.3 is 0 Å². The molecular formula is C26H31Zr. The van der Waals surface area contributed by atoms with Crippen molar-refractivity contribution in [1.82, 2.24) is 0 Å². The fraction of sp³-hybridized carbons (Fsp3) is 0.423. The first kappa shape index (κ1) is 18.0. The van der Waals surface area contributed by atoms with Gasteiger partial charge >= 0.3 is 169 Å². The Balaban J connectivity index is 1.64. The van der Waals surface area contributed by atoms with Crippen molar-refractivity contribution in [3.63, 3.8) is 0 Å². The van der Waals surface area contributed by atoms with Crippen LogP contribution in [0.25, 0.3) is 0 Å². The Morgan fingerprint density at radius 2 is 1.26 bits per heavy atom. The quantitative estimate of drug-likeness (QED) is 0.462. The van der Waals surface area contributed by atoms with Crippen molar-refractivity contribution >= 4 is 3.71 Å². The zero-order valence-electron chi connectivity index (χ0n) is 16.6. The molecule has 5 rings (SSSR count). The fourth-order valence-electron chi connectivity index (χ4n) is 6.10. The first-order valence-corrected chi connectivity index (χ1v) is 17.7. The Morgan fingerprint density at radius 3 is 1.81 bits per heavy atom. The van der Waals surface area contributed by atoms with Gasteiger partial charge in [0.15, 0.2) is 0 Å². The summed E-state index contributed by atoms with van der Waals surface area (Å²) in [6, 6.07) is 11.2. The molecule has 4 aliphatic carbocycles. The van der Waals surface area contributed by atoms with Gasteiger partial charge in [0, 0.05) is 0 Å². The summed E-state index contributed by atoms with van der Waals surface area (Å²) in [5.41, 5.74) is 8.55. The van der Waals surface area contributed by atoms with E-state index >= 15 is 0 Å². The van der Waals surface area contributed by atoms with E-state index in [1.807, 2.05) is 11.1 Å². The third kappa shape index (κ3) is 3.21. The molecule has 1 heteroatoms. The molecule has 0 radical (unpaired) electrons. The number of benzene rings is 1. The molecule has 0 aliphatic heterocycles. The Labute approximate surface area is 168 Å². The van der Waals surface area contributed by atoms with E-state index in [-0.39, 0.29) is 0 Å². The average Bonchev–Trinajstić information content (AvgIpc) is 3.34. The maximum absolute atomic E-state index is 2.81. The number of allylic oxidation sites excluding steroid dienone is 8. The van der Waals surface area contributed by atoms with Gasteiger partial charge in [-0.25, -0.2) is 0 Å². The maximum atomic E-state index is 2.81. The van der Waals surface area contributed by atoms with Crippen LogP contribution in [0.1, 0.15) is 56.9 Å². The minimum absolute atomic E-state index is 0.762. The van der Waals surface area contributed by atoms with Gasteiger partial charge in [0.05, 0.1) is 0 Å². The molecule has 0 saturated carbocycles. The first-order valence-electron chi connectivity index (χ1n) is 11.0. The summed E-state index contributed by atoms with van der Waals surface area (Å²) in [6.07, 6.45) is 21.2. The van der Waals surface area contributed by atoms with Crippen LogP contribution in [0.5, 0.6) is 0 Å². The van der Waals surface area contributed by atoms with E-state index in [2.05, 4.69) is 63.0 Å². The molecule has 0 bridgehead atoms. The van der Waals surface area contributed by atoms with Crippen LogP contribution in [0, 0.1) is 0 Å². The molecule has 139 valence electrons. The summed E-state index contributed by atoms with van der Waals surface area (Å²) >= 11 is -2.72. The normalized spacial score (nSPS) is 28.9. The molecule has 1 aromatic rings. The molecule has 2 unspecified atom stereocenters. The van der Waals surface area contributed by atoms with Crippen LogP contribution in [-0.4, -0.2) is 3.71 Å². The van der Waals surface area contributed by atoms with Crippen LogP contribution in [0.15, 0.2) is 76.9 Å². The third-order valence-corrected chi connectivity index (χ3v) is 19.1. The number of rotatable bonds is 3. The Bertz CT molecular complexity index is 855. The van der Waals surface area contributed by atoms with Crippen LogP contribution in [-0.2, 0) is 19.8 Å². The van der Waals surface area contributed by atoms with Crippen LogP contribution < -0.4 is 0 Å². The summed E-state index contributed by atoms with van der Waals surface area (Å²) in [5, 5.41) is 0. The molecule has 0 fully saturated rings. The van der Waals surface area contributed by atoms with Crippen molar-refractivity contribution in [1.29, 1.82) is 0 Å². The second kappa shape index (κ2) is 7.40. The van der Waals surface area contributed by atoms with Crippen molar-refractivity contribution in [3.05, 3.63) is 82.5 Å². The Kier molecular flexibility index (Phi) is 4.93. The topological polar surface area (TPSA) is 0 Å². The fourth-order valence-corrected chi connectivity index (χ4v) is 18.0. The summed E-state index contributed by atoms with van der Waals surface area (Å²) in [7, 11) is 0. The van der Waals surface area contributed by atoms with E-state index < -0.39 is 19.8 Å². The second-order valence-corrected chi connectivity index (χ2v) is 19.6. The van der Waals surface area contributed by atoms with E-state index in [0.29, 0.717) is 0 Å². The molecule has 0 amide bonds. The zero-order valence-corrected chi connectivity index (χ0v) is 19.0. The van der Waals surface area contributed by atoms with Crippen LogP contribution in [0.2, 0.25) is 11.9 Å². The number of hydrogen-bond donors (Lipinski definition) is 0. The Morgan fingerprint density at radius 1 is 0.741 bits per heavy atom. The molecule has 0 heterocycles. The monoisotopic (exact) mass is 433 g/mol. The molecule has 0 N–H and O–H groups in total. The van der Waals surface area contributed by atoms with Gasteiger partial charge in [-0.3, -0.25) is 0 Å². The minimum atomic E-state index is -2.72. The van der Waals surface area contributed by atoms with Gasteiger partial charge in [-0.15, -0.1) is 0 Å². The van der Waals surface area contributed by atoms with Crippen LogP contribution >= 0.6 is 0 Å². The third-order valence-electron chi connectivity index (χ3n) is 7.46. The van der Waals surface area contributed by atoms with Crippen molar-refractivity contribution in [3.8, 4) is 0 Å². The predicted octanol–water partition coefficient (Wildman–Crippen LogP) is 7.50. The SMILES string of the molecule is [CH3][Zr](=[CH]c1ccccc1)([CH]1C=CC2=C1CCCC2)[CH]1C=CC2=C1CCCC2. The van der Waals surface area contributed by atoms with Crippen LogP contribution in [0.4, 0.5) is 0 Å². The summed E-state index contributed by atoms with van der Waals surface area (Å²) in [5.74, 6) is 0. The van der Waals surface area contributed by atoms with E-state index in [1.54, 1.807) is 11.1 Å². The van der Waals surface area contributed by atoms with E-state index in [1.165, 1.54) is 56.9 Å². The molecule has 0 spiro atoms. The zero-order chi connectivity index (χ0) is 18.3. The van der Waals surface area contributed by atoms with Crippen molar-refractivity contribution in [2.45, 2.75) is 63.2 Å². The van der Waals surface area contributed by atoms with Crippen molar-refractivity contribution < 1.29 is 19.8 Å². The molecule has 0 nitrogen and oxygen atoms in total. The predicted molar refractivity (Wildman–Crippen MR) is 114 cm³/mol. The Hall–Kier alpha value is -1.07. The van der Waals surface area contributed by atoms with Gasteiger partial charge in [-0.1, -0.05) is 0 Å². The van der Waals surface area contributed by atoms with Crippen molar-refractivity contribution in [2.24, 2.45) is 0 Å². The molecule has 2 atom stereocenters. The molecule has 27 heavy (non-hydrogen) atoms. The van der Waals surface area contributed by atoms with Crippen molar-refractivity contribution in [2.75, 3.05) is 0 Å². The molecule has 0 saturated heterocycles. The summed E-state index contributed by atoms with van der Waals surface area (Å²) in [6.45, 7) is 0. The summed E-state index contributed by atoms with van der Waals surface area (Å²) < 4.78 is 7.09. The van der Waals surface area contributed by atoms with Gasteiger partial charge in [0.25, 0.3) is 0 Å². The average molecular weight is 435 g/mol. The van der Waals surface area contributed by atoms with Crippen LogP contribution in [0.3, 0.4) is 0 Å².